The number of thiophene rings is 1. The number of carbonyl (C=O) groups is 3. The molecule has 1 aliphatic rings. The molecule has 3 heterocycles. The van der Waals surface area contributed by atoms with E-state index in [0.29, 0.717) is 36.9 Å². The smallest absolute Gasteiger partial charge is 0.355 e. The van der Waals surface area contributed by atoms with Crippen LogP contribution in [0.2, 0.25) is 0 Å². The van der Waals surface area contributed by atoms with Crippen molar-refractivity contribution in [1.29, 1.82) is 0 Å². The quantitative estimate of drug-likeness (QED) is 0.497. The number of carbonyl (C=O) groups excluding carboxylic acids is 3. The molecule has 0 unspecified atom stereocenters. The van der Waals surface area contributed by atoms with Crippen molar-refractivity contribution in [2.24, 2.45) is 0 Å². The first-order chi connectivity index (χ1) is 14.1. The third kappa shape index (κ3) is 4.55. The molecule has 1 aromatic carbocycles. The van der Waals surface area contributed by atoms with Gasteiger partial charge in [-0.25, -0.2) is 4.79 Å². The fraction of sp³-hybridized carbons (Fsp3) is 0.286. The van der Waals surface area contributed by atoms with Gasteiger partial charge in [0.15, 0.2) is 6.61 Å². The summed E-state index contributed by atoms with van der Waals surface area (Å²) in [6, 6.07) is 12.6. The standard InChI is InChI=1S/C21H20N2O5S/c24-18(13-28-21(26)17-11-14-3-1-2-4-16(14)22-17)19-6-5-15(29-19)12-20(25)23-7-9-27-10-8-23/h1-6,11,22H,7-10,12-13H2. The molecular weight excluding hydrogens is 392 g/mol. The van der Waals surface area contributed by atoms with Crippen LogP contribution < -0.4 is 0 Å². The highest BCUT2D eigenvalue weighted by Crippen LogP contribution is 2.20. The maximum atomic E-state index is 12.4. The topological polar surface area (TPSA) is 88.7 Å². The highest BCUT2D eigenvalue weighted by molar-refractivity contribution is 7.14. The molecule has 3 aromatic rings. The molecule has 29 heavy (non-hydrogen) atoms. The van der Waals surface area contributed by atoms with E-state index in [1.54, 1.807) is 23.1 Å². The van der Waals surface area contributed by atoms with E-state index in [0.717, 1.165) is 15.8 Å². The van der Waals surface area contributed by atoms with Gasteiger partial charge in [0.1, 0.15) is 5.69 Å². The molecule has 1 N–H and O–H groups in total. The summed E-state index contributed by atoms with van der Waals surface area (Å²) >= 11 is 1.26. The monoisotopic (exact) mass is 412 g/mol. The second-order valence-electron chi connectivity index (χ2n) is 6.71. The number of nitrogens with one attached hydrogen (secondary N) is 1. The molecule has 0 radical (unpaired) electrons. The Morgan fingerprint density at radius 1 is 1.10 bits per heavy atom. The fourth-order valence-electron chi connectivity index (χ4n) is 3.16. The fourth-order valence-corrected chi connectivity index (χ4v) is 4.08. The summed E-state index contributed by atoms with van der Waals surface area (Å²) in [4.78, 5) is 42.9. The molecule has 7 nitrogen and oxygen atoms in total. The normalized spacial score (nSPS) is 14.1. The van der Waals surface area contributed by atoms with Gasteiger partial charge in [-0.2, -0.15) is 0 Å². The van der Waals surface area contributed by atoms with Gasteiger partial charge in [-0.15, -0.1) is 11.3 Å². The maximum Gasteiger partial charge on any atom is 0.355 e. The Bertz CT molecular complexity index is 1020. The minimum absolute atomic E-state index is 0.0272. The minimum Gasteiger partial charge on any atom is -0.453 e. The third-order valence-electron chi connectivity index (χ3n) is 4.71. The number of Topliss-reactive ketones (excluding diaryl/α,β-unsaturated/α-hetero) is 1. The molecule has 0 atom stereocenters. The number of fused-ring (bicyclic) bond motifs is 1. The SMILES string of the molecule is O=C(OCC(=O)c1ccc(CC(=O)N2CCOCC2)s1)c1cc2ccccc2[nH]1. The van der Waals surface area contributed by atoms with Crippen LogP contribution in [0.4, 0.5) is 0 Å². The van der Waals surface area contributed by atoms with E-state index in [9.17, 15) is 14.4 Å². The molecule has 2 aromatic heterocycles. The van der Waals surface area contributed by atoms with Gasteiger partial charge in [0.2, 0.25) is 11.7 Å². The maximum absolute atomic E-state index is 12.4. The van der Waals surface area contributed by atoms with Crippen LogP contribution in [0.25, 0.3) is 10.9 Å². The lowest BCUT2D eigenvalue weighted by atomic mass is 10.2. The number of hydrogen-bond acceptors (Lipinski definition) is 6. The molecule has 0 bridgehead atoms. The van der Waals surface area contributed by atoms with Crippen LogP contribution in [-0.4, -0.2) is 60.5 Å². The molecule has 4 rings (SSSR count). The number of ketones is 1. The zero-order chi connectivity index (χ0) is 20.2. The Labute approximate surface area is 171 Å². The first-order valence-electron chi connectivity index (χ1n) is 9.32. The molecule has 1 fully saturated rings. The number of ether oxygens (including phenoxy) is 2. The lowest BCUT2D eigenvalue weighted by molar-refractivity contribution is -0.134. The van der Waals surface area contributed by atoms with Gasteiger partial charge in [0, 0.05) is 28.9 Å². The molecule has 0 saturated carbocycles. The number of para-hydroxylation sites is 1. The van der Waals surface area contributed by atoms with Crippen molar-refractivity contribution in [2.45, 2.75) is 6.42 Å². The van der Waals surface area contributed by atoms with E-state index in [4.69, 9.17) is 9.47 Å². The van der Waals surface area contributed by atoms with E-state index >= 15 is 0 Å². The molecule has 1 aliphatic heterocycles. The van der Waals surface area contributed by atoms with E-state index in [-0.39, 0.29) is 24.7 Å². The highest BCUT2D eigenvalue weighted by Gasteiger charge is 2.19. The van der Waals surface area contributed by atoms with E-state index in [1.165, 1.54) is 11.3 Å². The third-order valence-corrected chi connectivity index (χ3v) is 5.84. The van der Waals surface area contributed by atoms with Gasteiger partial charge in [0.05, 0.1) is 24.5 Å². The number of H-pyrrole nitrogens is 1. The van der Waals surface area contributed by atoms with E-state index in [2.05, 4.69) is 4.98 Å². The first-order valence-corrected chi connectivity index (χ1v) is 10.1. The molecule has 1 amide bonds. The van der Waals surface area contributed by atoms with Gasteiger partial charge in [-0.1, -0.05) is 18.2 Å². The summed E-state index contributed by atoms with van der Waals surface area (Å²) in [6.45, 7) is 1.97. The number of nitrogens with zero attached hydrogens (tertiary/aromatic N) is 1. The molecule has 1 saturated heterocycles. The van der Waals surface area contributed by atoms with Crippen molar-refractivity contribution in [3.05, 3.63) is 57.9 Å². The van der Waals surface area contributed by atoms with Gasteiger partial charge in [-0.05, 0) is 24.3 Å². The number of aromatic amines is 1. The largest absolute Gasteiger partial charge is 0.453 e. The van der Waals surface area contributed by atoms with Crippen molar-refractivity contribution in [3.8, 4) is 0 Å². The average molecular weight is 412 g/mol. The van der Waals surface area contributed by atoms with Gasteiger partial charge in [0.25, 0.3) is 0 Å². The van der Waals surface area contributed by atoms with Gasteiger partial charge >= 0.3 is 5.97 Å². The van der Waals surface area contributed by atoms with Gasteiger partial charge < -0.3 is 19.4 Å². The summed E-state index contributed by atoms with van der Waals surface area (Å²) in [6.07, 6.45) is 0.257. The first kappa shape index (κ1) is 19.4. The van der Waals surface area contributed by atoms with Crippen molar-refractivity contribution < 1.29 is 23.9 Å². The Morgan fingerprint density at radius 2 is 1.90 bits per heavy atom. The van der Waals surface area contributed by atoms with Crippen LogP contribution in [0.3, 0.4) is 0 Å². The van der Waals surface area contributed by atoms with Crippen molar-refractivity contribution in [2.75, 3.05) is 32.9 Å². The molecule has 0 aliphatic carbocycles. The van der Waals surface area contributed by atoms with Crippen LogP contribution in [0.15, 0.2) is 42.5 Å². The van der Waals surface area contributed by atoms with Gasteiger partial charge in [-0.3, -0.25) is 9.59 Å². The molecular formula is C21H20N2O5S. The Hall–Kier alpha value is -2.97. The number of morpholine rings is 1. The number of rotatable bonds is 6. The van der Waals surface area contributed by atoms with E-state index in [1.807, 2.05) is 24.3 Å². The van der Waals surface area contributed by atoms with Crippen LogP contribution in [-0.2, 0) is 20.7 Å². The van der Waals surface area contributed by atoms with Crippen LogP contribution in [0.5, 0.6) is 0 Å². The minimum atomic E-state index is -0.575. The number of esters is 1. The Balaban J connectivity index is 1.31. The number of aromatic nitrogens is 1. The summed E-state index contributed by atoms with van der Waals surface area (Å²) in [5.41, 5.74) is 1.14. The van der Waals surface area contributed by atoms with Crippen molar-refractivity contribution >= 4 is 39.9 Å². The number of amides is 1. The lowest BCUT2D eigenvalue weighted by Gasteiger charge is -2.26. The lowest BCUT2D eigenvalue weighted by Crippen LogP contribution is -2.41. The zero-order valence-corrected chi connectivity index (χ0v) is 16.5. The Morgan fingerprint density at radius 3 is 2.69 bits per heavy atom. The summed E-state index contributed by atoms with van der Waals surface area (Å²) in [5, 5.41) is 0.901. The number of benzene rings is 1. The predicted octanol–water partition coefficient (Wildman–Crippen LogP) is 2.67. The molecule has 0 spiro atoms. The highest BCUT2D eigenvalue weighted by atomic mass is 32.1. The average Bonchev–Trinajstić information content (AvgIpc) is 3.39. The van der Waals surface area contributed by atoms with Crippen LogP contribution >= 0.6 is 11.3 Å². The van der Waals surface area contributed by atoms with Crippen LogP contribution in [0.1, 0.15) is 25.0 Å². The zero-order valence-electron chi connectivity index (χ0n) is 15.7. The summed E-state index contributed by atoms with van der Waals surface area (Å²) in [7, 11) is 0. The van der Waals surface area contributed by atoms with Crippen molar-refractivity contribution in [3.63, 3.8) is 0 Å². The second kappa shape index (κ2) is 8.59. The second-order valence-corrected chi connectivity index (χ2v) is 7.87. The Kier molecular flexibility index (Phi) is 5.73. The van der Waals surface area contributed by atoms with Crippen molar-refractivity contribution in [1.82, 2.24) is 9.88 Å². The molecule has 8 heteroatoms. The molecule has 150 valence electrons. The van der Waals surface area contributed by atoms with E-state index < -0.39 is 5.97 Å². The van der Waals surface area contributed by atoms with Crippen LogP contribution in [0, 0.1) is 0 Å². The number of hydrogen-bond donors (Lipinski definition) is 1. The summed E-state index contributed by atoms with van der Waals surface area (Å²) < 4.78 is 10.4. The predicted molar refractivity (Wildman–Crippen MR) is 108 cm³/mol. The summed E-state index contributed by atoms with van der Waals surface area (Å²) in [5.74, 6) is -0.835.